The van der Waals surface area contributed by atoms with Crippen LogP contribution in [0, 0.1) is 0 Å². The van der Waals surface area contributed by atoms with Crippen LogP contribution in [0.25, 0.3) is 11.3 Å². The quantitative estimate of drug-likeness (QED) is 0.569. The molecule has 5 atom stereocenters. The van der Waals surface area contributed by atoms with E-state index in [0.29, 0.717) is 5.69 Å². The Balaban J connectivity index is 1.86. The van der Waals surface area contributed by atoms with E-state index >= 15 is 0 Å². The van der Waals surface area contributed by atoms with Crippen molar-refractivity contribution in [2.45, 2.75) is 30.6 Å². The fraction of sp³-hybridized carbons (Fsp3) is 0.429. The maximum Gasteiger partial charge on any atom is 0.180 e. The van der Waals surface area contributed by atoms with Crippen molar-refractivity contribution in [2.75, 3.05) is 6.61 Å². The van der Waals surface area contributed by atoms with Crippen LogP contribution < -0.4 is 0 Å². The number of aromatic nitrogens is 3. The van der Waals surface area contributed by atoms with Gasteiger partial charge in [0, 0.05) is 5.56 Å². The Morgan fingerprint density at radius 2 is 1.77 bits per heavy atom. The number of hydrogen-bond acceptors (Lipinski definition) is 7. The van der Waals surface area contributed by atoms with Crippen molar-refractivity contribution in [1.82, 2.24) is 15.0 Å². The van der Waals surface area contributed by atoms with Gasteiger partial charge in [0.25, 0.3) is 0 Å². The molecule has 1 aliphatic rings. The summed E-state index contributed by atoms with van der Waals surface area (Å²) in [6, 6.07) is 9.33. The highest BCUT2D eigenvalue weighted by molar-refractivity contribution is 5.57. The van der Waals surface area contributed by atoms with E-state index in [4.69, 9.17) is 4.74 Å². The molecular formula is C14H17N3O5. The van der Waals surface area contributed by atoms with Crippen LogP contribution in [0.4, 0.5) is 0 Å². The van der Waals surface area contributed by atoms with Crippen LogP contribution in [0.1, 0.15) is 6.23 Å². The van der Waals surface area contributed by atoms with E-state index in [1.54, 1.807) is 6.20 Å². The molecule has 4 N–H and O–H groups in total. The summed E-state index contributed by atoms with van der Waals surface area (Å²) in [5.41, 5.74) is 1.43. The third-order valence-electron chi connectivity index (χ3n) is 3.71. The molecule has 118 valence electrons. The number of hydrogen-bond donors (Lipinski definition) is 4. The van der Waals surface area contributed by atoms with E-state index in [1.165, 1.54) is 4.68 Å². The maximum atomic E-state index is 10.0. The smallest absolute Gasteiger partial charge is 0.180 e. The number of aliphatic hydroxyl groups excluding tert-OH is 4. The van der Waals surface area contributed by atoms with Gasteiger partial charge in [0.1, 0.15) is 30.1 Å². The number of nitrogens with zero attached hydrogens (tertiary/aromatic N) is 3. The lowest BCUT2D eigenvalue weighted by atomic mass is 9.98. The van der Waals surface area contributed by atoms with Gasteiger partial charge in [-0.1, -0.05) is 35.5 Å². The van der Waals surface area contributed by atoms with E-state index in [0.717, 1.165) is 5.56 Å². The van der Waals surface area contributed by atoms with Gasteiger partial charge in [-0.2, -0.15) is 0 Å². The van der Waals surface area contributed by atoms with E-state index < -0.39 is 37.3 Å². The van der Waals surface area contributed by atoms with Crippen molar-refractivity contribution in [3.05, 3.63) is 36.5 Å². The van der Waals surface area contributed by atoms with E-state index in [-0.39, 0.29) is 0 Å². The molecule has 8 heteroatoms. The van der Waals surface area contributed by atoms with Gasteiger partial charge >= 0.3 is 0 Å². The zero-order valence-corrected chi connectivity index (χ0v) is 11.6. The Labute approximate surface area is 126 Å². The maximum absolute atomic E-state index is 10.0. The molecule has 8 nitrogen and oxygen atoms in total. The van der Waals surface area contributed by atoms with E-state index in [9.17, 15) is 20.4 Å². The third kappa shape index (κ3) is 2.62. The number of ether oxygens (including phenoxy) is 1. The molecule has 1 aromatic heterocycles. The third-order valence-corrected chi connectivity index (χ3v) is 3.71. The normalized spacial score (nSPS) is 32.1. The van der Waals surface area contributed by atoms with Crippen LogP contribution in [0.5, 0.6) is 0 Å². The second-order valence-corrected chi connectivity index (χ2v) is 5.17. The Hall–Kier alpha value is -1.84. The number of benzene rings is 1. The lowest BCUT2D eigenvalue weighted by Gasteiger charge is -2.39. The molecule has 22 heavy (non-hydrogen) atoms. The van der Waals surface area contributed by atoms with Crippen molar-refractivity contribution in [3.8, 4) is 11.3 Å². The van der Waals surface area contributed by atoms with Crippen molar-refractivity contribution < 1.29 is 25.2 Å². The molecule has 0 amide bonds. The number of rotatable bonds is 3. The molecule has 3 rings (SSSR count). The van der Waals surface area contributed by atoms with Gasteiger partial charge in [-0.05, 0) is 0 Å². The molecule has 1 aromatic carbocycles. The Kier molecular flexibility index (Phi) is 4.19. The SMILES string of the molecule is OC[C@H]1O[C@H](n2cc(-c3ccccc3)nn2)[C@@H](O)[C@@H](O)[C@@H]1O. The first-order valence-electron chi connectivity index (χ1n) is 6.89. The van der Waals surface area contributed by atoms with Gasteiger partial charge in [-0.25, -0.2) is 4.68 Å². The molecule has 0 saturated carbocycles. The summed E-state index contributed by atoms with van der Waals surface area (Å²) in [6.07, 6.45) is -4.67. The lowest BCUT2D eigenvalue weighted by Crippen LogP contribution is -2.56. The highest BCUT2D eigenvalue weighted by Crippen LogP contribution is 2.28. The molecule has 2 aromatic rings. The van der Waals surface area contributed by atoms with Crippen LogP contribution in [-0.4, -0.2) is 66.4 Å². The molecule has 1 saturated heterocycles. The van der Waals surface area contributed by atoms with Crippen molar-refractivity contribution in [1.29, 1.82) is 0 Å². The van der Waals surface area contributed by atoms with Gasteiger partial charge in [0.05, 0.1) is 12.8 Å². The Morgan fingerprint density at radius 3 is 2.45 bits per heavy atom. The van der Waals surface area contributed by atoms with Gasteiger partial charge < -0.3 is 25.2 Å². The van der Waals surface area contributed by atoms with E-state index in [2.05, 4.69) is 10.3 Å². The Bertz CT molecular complexity index is 618. The van der Waals surface area contributed by atoms with Crippen molar-refractivity contribution >= 4 is 0 Å². The standard InChI is InChI=1S/C14H17N3O5/c18-7-10-11(19)12(20)13(21)14(22-10)17-6-9(15-16-17)8-4-2-1-3-5-8/h1-6,10-14,18-21H,7H2/t10-,11-,12+,13+,14+/m1/s1. The summed E-state index contributed by atoms with van der Waals surface area (Å²) >= 11 is 0. The first-order chi connectivity index (χ1) is 10.6. The summed E-state index contributed by atoms with van der Waals surface area (Å²) in [4.78, 5) is 0. The predicted octanol–water partition coefficient (Wildman–Crippen LogP) is -1.08. The summed E-state index contributed by atoms with van der Waals surface area (Å²) in [5, 5.41) is 46.7. The first-order valence-corrected chi connectivity index (χ1v) is 6.89. The molecule has 1 aliphatic heterocycles. The molecule has 2 heterocycles. The zero-order chi connectivity index (χ0) is 15.7. The minimum Gasteiger partial charge on any atom is -0.394 e. The van der Waals surface area contributed by atoms with Crippen LogP contribution in [0.2, 0.25) is 0 Å². The largest absolute Gasteiger partial charge is 0.394 e. The second kappa shape index (κ2) is 6.11. The molecular weight excluding hydrogens is 290 g/mol. The van der Waals surface area contributed by atoms with Crippen molar-refractivity contribution in [3.63, 3.8) is 0 Å². The predicted molar refractivity (Wildman–Crippen MR) is 74.5 cm³/mol. The van der Waals surface area contributed by atoms with Gasteiger partial charge in [-0.15, -0.1) is 5.10 Å². The average Bonchev–Trinajstić information content (AvgIpc) is 3.04. The highest BCUT2D eigenvalue weighted by atomic mass is 16.6. The highest BCUT2D eigenvalue weighted by Gasteiger charge is 2.44. The average molecular weight is 307 g/mol. The van der Waals surface area contributed by atoms with Crippen LogP contribution >= 0.6 is 0 Å². The molecule has 0 radical (unpaired) electrons. The fourth-order valence-corrected chi connectivity index (χ4v) is 2.44. The van der Waals surface area contributed by atoms with E-state index in [1.807, 2.05) is 30.3 Å². The van der Waals surface area contributed by atoms with Crippen LogP contribution in [-0.2, 0) is 4.74 Å². The van der Waals surface area contributed by atoms with Gasteiger partial charge in [0.15, 0.2) is 6.23 Å². The van der Waals surface area contributed by atoms with Crippen molar-refractivity contribution in [2.24, 2.45) is 0 Å². The van der Waals surface area contributed by atoms with Gasteiger partial charge in [0.2, 0.25) is 0 Å². The minimum atomic E-state index is -1.44. The molecule has 0 spiro atoms. The first kappa shape index (κ1) is 15.1. The lowest BCUT2D eigenvalue weighted by molar-refractivity contribution is -0.254. The molecule has 0 aliphatic carbocycles. The topological polar surface area (TPSA) is 121 Å². The second-order valence-electron chi connectivity index (χ2n) is 5.17. The van der Waals surface area contributed by atoms with Crippen LogP contribution in [0.3, 0.4) is 0 Å². The van der Waals surface area contributed by atoms with Crippen LogP contribution in [0.15, 0.2) is 36.5 Å². The minimum absolute atomic E-state index is 0.484. The number of aliphatic hydroxyl groups is 4. The summed E-state index contributed by atoms with van der Waals surface area (Å²) < 4.78 is 6.68. The van der Waals surface area contributed by atoms with Gasteiger partial charge in [-0.3, -0.25) is 0 Å². The Morgan fingerprint density at radius 1 is 1.05 bits per heavy atom. The summed E-state index contributed by atoms with van der Waals surface area (Å²) in [5.74, 6) is 0. The summed E-state index contributed by atoms with van der Waals surface area (Å²) in [6.45, 7) is -0.484. The monoisotopic (exact) mass is 307 g/mol. The summed E-state index contributed by atoms with van der Waals surface area (Å²) in [7, 11) is 0. The zero-order valence-electron chi connectivity index (χ0n) is 11.6. The molecule has 1 fully saturated rings. The fourth-order valence-electron chi connectivity index (χ4n) is 2.44. The molecule has 0 unspecified atom stereocenters. The molecule has 0 bridgehead atoms.